The summed E-state index contributed by atoms with van der Waals surface area (Å²) in [6.45, 7) is 8.06. The number of fused-ring (bicyclic) bond motifs is 1. The van der Waals surface area contributed by atoms with Gasteiger partial charge in [0.2, 0.25) is 5.13 Å². The number of aromatic nitrogens is 2. The molecule has 0 radical (unpaired) electrons. The third kappa shape index (κ3) is 6.10. The summed E-state index contributed by atoms with van der Waals surface area (Å²) in [6.07, 6.45) is 2.24. The quantitative estimate of drug-likeness (QED) is 0.0460. The van der Waals surface area contributed by atoms with Crippen LogP contribution in [-0.4, -0.2) is 46.3 Å². The summed E-state index contributed by atoms with van der Waals surface area (Å²) in [6, 6.07) is 15.7. The molecule has 2 atom stereocenters. The van der Waals surface area contributed by atoms with Crippen LogP contribution in [0.3, 0.4) is 0 Å². The van der Waals surface area contributed by atoms with Gasteiger partial charge in [0.25, 0.3) is 5.78 Å². The summed E-state index contributed by atoms with van der Waals surface area (Å²) in [5, 5.41) is 20.3. The predicted octanol–water partition coefficient (Wildman–Crippen LogP) is 6.88. The molecular formula is C34H30FN3O6S2. The van der Waals surface area contributed by atoms with E-state index in [9.17, 15) is 19.1 Å². The lowest BCUT2D eigenvalue weighted by Gasteiger charge is -2.23. The molecule has 0 aliphatic carbocycles. The number of halogens is 1. The SMILES string of the molecule is C=CCOc1ccc([C@H]2C(=C(O)c3ccc4c(c3)C[C@@H](C)O4)C(=O)C(=O)N2c2nnc(SCc3ccccc3F)s2)cc1OCC. The lowest BCUT2D eigenvalue weighted by atomic mass is 9.94. The van der Waals surface area contributed by atoms with Gasteiger partial charge < -0.3 is 19.3 Å². The zero-order valence-electron chi connectivity index (χ0n) is 25.1. The Balaban J connectivity index is 1.43. The van der Waals surface area contributed by atoms with Gasteiger partial charge >= 0.3 is 5.91 Å². The molecule has 1 N–H and O–H groups in total. The van der Waals surface area contributed by atoms with Gasteiger partial charge in [0.1, 0.15) is 30.0 Å². The van der Waals surface area contributed by atoms with E-state index in [1.54, 1.807) is 60.7 Å². The normalized spacial score (nSPS) is 18.4. The number of Topliss-reactive ketones (excluding diaryl/α,β-unsaturated/α-hetero) is 1. The highest BCUT2D eigenvalue weighted by molar-refractivity contribution is 8.00. The number of aliphatic hydroxyl groups is 1. The van der Waals surface area contributed by atoms with Crippen LogP contribution in [0, 0.1) is 5.82 Å². The van der Waals surface area contributed by atoms with Crippen LogP contribution >= 0.6 is 23.1 Å². The Morgan fingerprint density at radius 3 is 2.76 bits per heavy atom. The third-order valence-electron chi connectivity index (χ3n) is 7.46. The monoisotopic (exact) mass is 659 g/mol. The van der Waals surface area contributed by atoms with E-state index in [0.29, 0.717) is 57.1 Å². The summed E-state index contributed by atoms with van der Waals surface area (Å²) < 4.78 is 32.1. The topological polar surface area (TPSA) is 111 Å². The first-order chi connectivity index (χ1) is 22.3. The van der Waals surface area contributed by atoms with Gasteiger partial charge in [-0.3, -0.25) is 14.5 Å². The van der Waals surface area contributed by atoms with Crippen LogP contribution in [-0.2, 0) is 21.8 Å². The molecule has 12 heteroatoms. The number of amides is 1. The van der Waals surface area contributed by atoms with Crippen molar-refractivity contribution < 1.29 is 33.3 Å². The number of ketones is 1. The number of thioether (sulfide) groups is 1. The number of benzene rings is 3. The van der Waals surface area contributed by atoms with Gasteiger partial charge in [0.15, 0.2) is 15.8 Å². The fourth-order valence-corrected chi connectivity index (χ4v) is 7.27. The van der Waals surface area contributed by atoms with Gasteiger partial charge in [-0.05, 0) is 66.9 Å². The molecular weight excluding hydrogens is 630 g/mol. The van der Waals surface area contributed by atoms with Crippen molar-refractivity contribution in [1.29, 1.82) is 0 Å². The number of hydrogen-bond acceptors (Lipinski definition) is 10. The summed E-state index contributed by atoms with van der Waals surface area (Å²) >= 11 is 2.36. The van der Waals surface area contributed by atoms with Crippen molar-refractivity contribution in [3.05, 3.63) is 107 Å². The van der Waals surface area contributed by atoms with E-state index in [1.165, 1.54) is 22.7 Å². The molecule has 9 nitrogen and oxygen atoms in total. The van der Waals surface area contributed by atoms with E-state index < -0.39 is 17.7 Å². The smallest absolute Gasteiger partial charge is 0.301 e. The van der Waals surface area contributed by atoms with Crippen LogP contribution in [0.4, 0.5) is 9.52 Å². The number of carbonyl (C=O) groups is 2. The van der Waals surface area contributed by atoms with Gasteiger partial charge in [-0.15, -0.1) is 10.2 Å². The summed E-state index contributed by atoms with van der Waals surface area (Å²) in [5.41, 5.74) is 2.17. The van der Waals surface area contributed by atoms with E-state index in [-0.39, 0.29) is 35.0 Å². The molecule has 0 bridgehead atoms. The minimum Gasteiger partial charge on any atom is -0.507 e. The molecule has 0 saturated carbocycles. The molecule has 1 amide bonds. The first-order valence-electron chi connectivity index (χ1n) is 14.6. The van der Waals surface area contributed by atoms with E-state index in [1.807, 2.05) is 13.8 Å². The van der Waals surface area contributed by atoms with E-state index in [2.05, 4.69) is 16.8 Å². The number of aliphatic hydroxyl groups excluding tert-OH is 1. The number of ether oxygens (including phenoxy) is 3. The minimum absolute atomic E-state index is 0.0142. The fourth-order valence-electron chi connectivity index (χ4n) is 5.41. The predicted molar refractivity (Wildman–Crippen MR) is 174 cm³/mol. The van der Waals surface area contributed by atoms with Crippen LogP contribution in [0.5, 0.6) is 17.2 Å². The van der Waals surface area contributed by atoms with E-state index in [4.69, 9.17) is 14.2 Å². The maximum atomic E-state index is 14.2. The van der Waals surface area contributed by atoms with E-state index in [0.717, 1.165) is 16.9 Å². The van der Waals surface area contributed by atoms with Crippen LogP contribution in [0.15, 0.2) is 83.2 Å². The first kappa shape index (κ1) is 31.3. The van der Waals surface area contributed by atoms with Crippen molar-refractivity contribution in [2.45, 2.75) is 42.5 Å². The average Bonchev–Trinajstić information content (AvgIpc) is 3.74. The summed E-state index contributed by atoms with van der Waals surface area (Å²) in [7, 11) is 0. The number of rotatable bonds is 11. The highest BCUT2D eigenvalue weighted by Gasteiger charge is 2.48. The number of carbonyl (C=O) groups excluding carboxylic acids is 2. The Kier molecular flexibility index (Phi) is 9.09. The van der Waals surface area contributed by atoms with Crippen molar-refractivity contribution in [1.82, 2.24) is 10.2 Å². The zero-order chi connectivity index (χ0) is 32.4. The molecule has 4 aromatic rings. The summed E-state index contributed by atoms with van der Waals surface area (Å²) in [5.74, 6) is -0.516. The molecule has 3 aromatic carbocycles. The Labute approximate surface area is 273 Å². The molecule has 236 valence electrons. The molecule has 1 aromatic heterocycles. The second-order valence-electron chi connectivity index (χ2n) is 10.6. The standard InChI is InChI=1S/C34H30FN3O6S2/c1-4-14-43-26-13-10-20(17-27(26)42-5-2)29-28(30(39)21-11-12-25-23(16-21)15-19(3)44-25)31(40)32(41)38(29)33-36-37-34(46-33)45-18-22-8-6-7-9-24(22)35/h4,6-13,16-17,19,29,39H,1,5,14-15,18H2,2-3H3/t19-,29+/m1/s1. The van der Waals surface area contributed by atoms with Gasteiger partial charge in [-0.25, -0.2) is 4.39 Å². The van der Waals surface area contributed by atoms with Crippen LogP contribution in [0.1, 0.15) is 42.1 Å². The van der Waals surface area contributed by atoms with Crippen molar-refractivity contribution in [2.75, 3.05) is 18.1 Å². The molecule has 46 heavy (non-hydrogen) atoms. The number of nitrogens with zero attached hydrogens (tertiary/aromatic N) is 3. The van der Waals surface area contributed by atoms with Crippen LogP contribution in [0.25, 0.3) is 5.76 Å². The second-order valence-corrected chi connectivity index (χ2v) is 12.8. The van der Waals surface area contributed by atoms with E-state index >= 15 is 0 Å². The Morgan fingerprint density at radius 2 is 1.98 bits per heavy atom. The zero-order valence-corrected chi connectivity index (χ0v) is 26.7. The fraction of sp³-hybridized carbons (Fsp3) is 0.235. The molecule has 1 saturated heterocycles. The molecule has 0 spiro atoms. The Hall–Kier alpha value is -4.68. The molecule has 1 fully saturated rings. The second kappa shape index (κ2) is 13.4. The molecule has 2 aliphatic heterocycles. The number of anilines is 1. The van der Waals surface area contributed by atoms with Crippen molar-refractivity contribution in [3.8, 4) is 17.2 Å². The largest absolute Gasteiger partial charge is 0.507 e. The van der Waals surface area contributed by atoms with Crippen molar-refractivity contribution in [2.24, 2.45) is 0 Å². The molecule has 6 rings (SSSR count). The molecule has 0 unspecified atom stereocenters. The maximum absolute atomic E-state index is 14.2. The highest BCUT2D eigenvalue weighted by Crippen LogP contribution is 2.46. The Morgan fingerprint density at radius 1 is 1.15 bits per heavy atom. The van der Waals surface area contributed by atoms with Crippen molar-refractivity contribution >= 4 is 45.7 Å². The minimum atomic E-state index is -1.06. The average molecular weight is 660 g/mol. The van der Waals surface area contributed by atoms with Gasteiger partial charge in [-0.2, -0.15) is 0 Å². The summed E-state index contributed by atoms with van der Waals surface area (Å²) in [4.78, 5) is 28.7. The molecule has 3 heterocycles. The lowest BCUT2D eigenvalue weighted by molar-refractivity contribution is -0.132. The lowest BCUT2D eigenvalue weighted by Crippen LogP contribution is -2.29. The van der Waals surface area contributed by atoms with Crippen LogP contribution < -0.4 is 19.1 Å². The van der Waals surface area contributed by atoms with Gasteiger partial charge in [0.05, 0.1) is 18.2 Å². The first-order valence-corrected chi connectivity index (χ1v) is 16.4. The number of hydrogen-bond donors (Lipinski definition) is 1. The maximum Gasteiger partial charge on any atom is 0.301 e. The highest BCUT2D eigenvalue weighted by atomic mass is 32.2. The molecule has 2 aliphatic rings. The van der Waals surface area contributed by atoms with Crippen molar-refractivity contribution in [3.63, 3.8) is 0 Å². The van der Waals surface area contributed by atoms with Gasteiger partial charge in [0, 0.05) is 17.7 Å². The van der Waals surface area contributed by atoms with Crippen LogP contribution in [0.2, 0.25) is 0 Å². The Bertz CT molecular complexity index is 1860. The van der Waals surface area contributed by atoms with Gasteiger partial charge in [-0.1, -0.05) is 60.0 Å². The third-order valence-corrected chi connectivity index (χ3v) is 9.57.